The van der Waals surface area contributed by atoms with Gasteiger partial charge < -0.3 is 0 Å². The Labute approximate surface area is 144 Å². The lowest BCUT2D eigenvalue weighted by Crippen LogP contribution is -2.11. The van der Waals surface area contributed by atoms with E-state index in [-0.39, 0.29) is 5.91 Å². The number of halogens is 1. The fourth-order valence-corrected chi connectivity index (χ4v) is 3.34. The molecule has 1 heterocycles. The highest BCUT2D eigenvalue weighted by atomic mass is 35.5. The summed E-state index contributed by atoms with van der Waals surface area (Å²) in [5.74, 6) is 0.344. The van der Waals surface area contributed by atoms with Crippen molar-refractivity contribution in [3.05, 3.63) is 58.6 Å². The highest BCUT2D eigenvalue weighted by molar-refractivity contribution is 7.22. The van der Waals surface area contributed by atoms with Crippen LogP contribution < -0.4 is 5.32 Å². The van der Waals surface area contributed by atoms with E-state index >= 15 is 0 Å². The molecule has 23 heavy (non-hydrogen) atoms. The summed E-state index contributed by atoms with van der Waals surface area (Å²) in [4.78, 5) is 16.7. The molecule has 0 spiro atoms. The molecule has 0 bridgehead atoms. The first-order valence-electron chi connectivity index (χ1n) is 7.54. The van der Waals surface area contributed by atoms with Crippen LogP contribution in [0.3, 0.4) is 0 Å². The number of nitrogens with zero attached hydrogens (tertiary/aromatic N) is 1. The van der Waals surface area contributed by atoms with Gasteiger partial charge in [-0.3, -0.25) is 10.1 Å². The van der Waals surface area contributed by atoms with E-state index in [1.54, 1.807) is 24.3 Å². The van der Waals surface area contributed by atoms with Crippen molar-refractivity contribution in [3.8, 4) is 0 Å². The van der Waals surface area contributed by atoms with Gasteiger partial charge in [-0.25, -0.2) is 4.98 Å². The molecule has 1 atom stereocenters. The molecule has 5 heteroatoms. The number of rotatable bonds is 4. The van der Waals surface area contributed by atoms with Crippen LogP contribution in [0.5, 0.6) is 0 Å². The molecular formula is C18H17ClN2OS. The van der Waals surface area contributed by atoms with Crippen LogP contribution >= 0.6 is 22.9 Å². The first kappa shape index (κ1) is 16.0. The normalized spacial score (nSPS) is 12.3. The van der Waals surface area contributed by atoms with E-state index in [1.165, 1.54) is 16.9 Å². The van der Waals surface area contributed by atoms with E-state index in [0.717, 1.165) is 16.6 Å². The summed E-state index contributed by atoms with van der Waals surface area (Å²) >= 11 is 7.34. The number of fused-ring (bicyclic) bond motifs is 1. The highest BCUT2D eigenvalue weighted by Gasteiger charge is 2.11. The van der Waals surface area contributed by atoms with E-state index in [4.69, 9.17) is 11.6 Å². The quantitative estimate of drug-likeness (QED) is 0.658. The Bertz CT molecular complexity index is 842. The molecule has 1 unspecified atom stereocenters. The van der Waals surface area contributed by atoms with Gasteiger partial charge in [-0.1, -0.05) is 42.9 Å². The molecule has 0 saturated carbocycles. The lowest BCUT2D eigenvalue weighted by molar-refractivity contribution is 0.102. The van der Waals surface area contributed by atoms with E-state index in [1.807, 2.05) is 6.07 Å². The molecule has 118 valence electrons. The number of hydrogen-bond acceptors (Lipinski definition) is 3. The number of amides is 1. The van der Waals surface area contributed by atoms with Crippen LogP contribution in [0.2, 0.25) is 5.02 Å². The molecule has 0 aliphatic heterocycles. The summed E-state index contributed by atoms with van der Waals surface area (Å²) in [7, 11) is 0. The van der Waals surface area contributed by atoms with Gasteiger partial charge in [0.15, 0.2) is 5.13 Å². The third-order valence-corrected chi connectivity index (χ3v) is 5.11. The predicted molar refractivity (Wildman–Crippen MR) is 97.7 cm³/mol. The number of carbonyl (C=O) groups is 1. The van der Waals surface area contributed by atoms with E-state index in [2.05, 4.69) is 36.3 Å². The topological polar surface area (TPSA) is 42.0 Å². The molecule has 1 amide bonds. The summed E-state index contributed by atoms with van der Waals surface area (Å²) in [6, 6.07) is 13.1. The Hall–Kier alpha value is -1.91. The number of benzene rings is 2. The van der Waals surface area contributed by atoms with Crippen molar-refractivity contribution in [1.82, 2.24) is 4.98 Å². The molecular weight excluding hydrogens is 328 g/mol. The van der Waals surface area contributed by atoms with Gasteiger partial charge in [-0.05, 0) is 54.3 Å². The van der Waals surface area contributed by atoms with Crippen molar-refractivity contribution in [1.29, 1.82) is 0 Å². The van der Waals surface area contributed by atoms with Gasteiger partial charge in [-0.2, -0.15) is 0 Å². The maximum Gasteiger partial charge on any atom is 0.257 e. The summed E-state index contributed by atoms with van der Waals surface area (Å²) in [5, 5.41) is 4.08. The smallest absolute Gasteiger partial charge is 0.257 e. The summed E-state index contributed by atoms with van der Waals surface area (Å²) in [6.45, 7) is 4.39. The van der Waals surface area contributed by atoms with Crippen molar-refractivity contribution in [2.75, 3.05) is 5.32 Å². The zero-order valence-electron chi connectivity index (χ0n) is 13.0. The number of carbonyl (C=O) groups excluding carboxylic acids is 1. The largest absolute Gasteiger partial charge is 0.298 e. The van der Waals surface area contributed by atoms with Crippen LogP contribution in [0, 0.1) is 0 Å². The van der Waals surface area contributed by atoms with Gasteiger partial charge >= 0.3 is 0 Å². The van der Waals surface area contributed by atoms with E-state index < -0.39 is 0 Å². The zero-order valence-corrected chi connectivity index (χ0v) is 14.5. The summed E-state index contributed by atoms with van der Waals surface area (Å²) in [5.41, 5.74) is 2.78. The Morgan fingerprint density at radius 2 is 2.00 bits per heavy atom. The lowest BCUT2D eigenvalue weighted by Gasteiger charge is -2.07. The molecule has 1 aromatic heterocycles. The first-order chi connectivity index (χ1) is 11.1. The third kappa shape index (κ3) is 3.54. The van der Waals surface area contributed by atoms with Crippen LogP contribution in [-0.2, 0) is 0 Å². The SMILES string of the molecule is CCC(C)c1ccc2nc(NC(=O)c3ccc(Cl)cc3)sc2c1. The number of anilines is 1. The molecule has 3 aromatic rings. The Balaban J connectivity index is 1.83. The second-order valence-electron chi connectivity index (χ2n) is 5.52. The van der Waals surface area contributed by atoms with Gasteiger partial charge in [0.25, 0.3) is 5.91 Å². The highest BCUT2D eigenvalue weighted by Crippen LogP contribution is 2.30. The van der Waals surface area contributed by atoms with Crippen molar-refractivity contribution in [2.24, 2.45) is 0 Å². The second-order valence-corrected chi connectivity index (χ2v) is 6.98. The zero-order chi connectivity index (χ0) is 16.4. The van der Waals surface area contributed by atoms with Crippen molar-refractivity contribution >= 4 is 44.2 Å². The minimum Gasteiger partial charge on any atom is -0.298 e. The Morgan fingerprint density at radius 1 is 1.26 bits per heavy atom. The maximum atomic E-state index is 12.2. The molecule has 2 aromatic carbocycles. The van der Waals surface area contributed by atoms with Crippen LogP contribution in [0.25, 0.3) is 10.2 Å². The average Bonchev–Trinajstić information content (AvgIpc) is 2.95. The predicted octanol–water partition coefficient (Wildman–Crippen LogP) is 5.72. The molecule has 0 aliphatic rings. The molecule has 0 fully saturated rings. The monoisotopic (exact) mass is 344 g/mol. The van der Waals surface area contributed by atoms with Gasteiger partial charge in [0.2, 0.25) is 0 Å². The molecule has 0 aliphatic carbocycles. The number of hydrogen-bond donors (Lipinski definition) is 1. The minimum absolute atomic E-state index is 0.178. The van der Waals surface area contributed by atoms with Crippen molar-refractivity contribution in [3.63, 3.8) is 0 Å². The second kappa shape index (κ2) is 6.69. The number of thiazole rings is 1. The molecule has 0 radical (unpaired) electrons. The van der Waals surface area contributed by atoms with Crippen LogP contribution in [0.1, 0.15) is 42.1 Å². The summed E-state index contributed by atoms with van der Waals surface area (Å²) in [6.07, 6.45) is 1.10. The van der Waals surface area contributed by atoms with Crippen molar-refractivity contribution < 1.29 is 4.79 Å². The van der Waals surface area contributed by atoms with Gasteiger partial charge in [-0.15, -0.1) is 0 Å². The van der Waals surface area contributed by atoms with Crippen molar-refractivity contribution in [2.45, 2.75) is 26.2 Å². The number of nitrogens with one attached hydrogen (secondary N) is 1. The molecule has 0 saturated heterocycles. The summed E-state index contributed by atoms with van der Waals surface area (Å²) < 4.78 is 1.09. The first-order valence-corrected chi connectivity index (χ1v) is 8.73. The molecule has 3 rings (SSSR count). The minimum atomic E-state index is -0.178. The van der Waals surface area contributed by atoms with Gasteiger partial charge in [0.05, 0.1) is 10.2 Å². The number of aromatic nitrogens is 1. The fraction of sp³-hybridized carbons (Fsp3) is 0.222. The van der Waals surface area contributed by atoms with Gasteiger partial charge in [0.1, 0.15) is 0 Å². The van der Waals surface area contributed by atoms with E-state index in [9.17, 15) is 4.79 Å². The van der Waals surface area contributed by atoms with E-state index in [0.29, 0.717) is 21.6 Å². The lowest BCUT2D eigenvalue weighted by atomic mass is 9.99. The van der Waals surface area contributed by atoms with Crippen LogP contribution in [0.4, 0.5) is 5.13 Å². The molecule has 3 nitrogen and oxygen atoms in total. The average molecular weight is 345 g/mol. The Kier molecular flexibility index (Phi) is 4.64. The van der Waals surface area contributed by atoms with Crippen LogP contribution in [-0.4, -0.2) is 10.9 Å². The maximum absolute atomic E-state index is 12.2. The Morgan fingerprint density at radius 3 is 2.70 bits per heavy atom. The molecule has 1 N–H and O–H groups in total. The van der Waals surface area contributed by atoms with Gasteiger partial charge in [0, 0.05) is 10.6 Å². The standard InChI is InChI=1S/C18H17ClN2OS/c1-3-11(2)13-6-9-15-16(10-13)23-18(20-15)21-17(22)12-4-7-14(19)8-5-12/h4-11H,3H2,1-2H3,(H,20,21,22). The van der Waals surface area contributed by atoms with Crippen LogP contribution in [0.15, 0.2) is 42.5 Å². The third-order valence-electron chi connectivity index (χ3n) is 3.92. The fourth-order valence-electron chi connectivity index (χ4n) is 2.31.